The molecule has 0 bridgehead atoms. The van der Waals surface area contributed by atoms with Crippen molar-refractivity contribution in [2.24, 2.45) is 0 Å². The minimum Gasteiger partial charge on any atom is -0.505 e. The van der Waals surface area contributed by atoms with Crippen molar-refractivity contribution in [1.82, 2.24) is 9.55 Å². The first-order chi connectivity index (χ1) is 13.2. The van der Waals surface area contributed by atoms with Crippen LogP contribution in [0, 0.1) is 5.82 Å². The summed E-state index contributed by atoms with van der Waals surface area (Å²) in [4.78, 5) is 28.2. The molecule has 4 rings (SSSR count). The first-order valence-electron chi connectivity index (χ1n) is 8.74. The van der Waals surface area contributed by atoms with Gasteiger partial charge in [-0.25, -0.2) is 9.37 Å². The second-order valence-electron chi connectivity index (χ2n) is 7.00. The number of aliphatic carboxylic acids is 1. The zero-order valence-electron chi connectivity index (χ0n) is 14.9. The molecule has 3 heterocycles. The van der Waals surface area contributed by atoms with Crippen LogP contribution in [0.25, 0.3) is 22.3 Å². The van der Waals surface area contributed by atoms with Crippen LogP contribution >= 0.6 is 0 Å². The van der Waals surface area contributed by atoms with E-state index in [0.717, 1.165) is 6.07 Å². The van der Waals surface area contributed by atoms with Gasteiger partial charge in [0.1, 0.15) is 5.60 Å². The van der Waals surface area contributed by atoms with Crippen LogP contribution < -0.4 is 5.56 Å². The van der Waals surface area contributed by atoms with E-state index in [0.29, 0.717) is 27.9 Å². The van der Waals surface area contributed by atoms with Crippen LogP contribution in [-0.4, -0.2) is 30.8 Å². The Labute approximate surface area is 158 Å². The van der Waals surface area contributed by atoms with Gasteiger partial charge >= 0.3 is 5.97 Å². The number of benzene rings is 1. The van der Waals surface area contributed by atoms with Gasteiger partial charge in [-0.05, 0) is 30.2 Å². The first-order valence-corrected chi connectivity index (χ1v) is 8.74. The third kappa shape index (κ3) is 2.73. The van der Waals surface area contributed by atoms with E-state index < -0.39 is 29.6 Å². The van der Waals surface area contributed by atoms with Gasteiger partial charge in [0.05, 0.1) is 29.9 Å². The number of aromatic nitrogens is 2. The van der Waals surface area contributed by atoms with E-state index in [1.54, 1.807) is 19.1 Å². The molecule has 0 fully saturated rings. The molecule has 1 unspecified atom stereocenters. The lowest BCUT2D eigenvalue weighted by molar-refractivity contribution is -0.143. The van der Waals surface area contributed by atoms with E-state index in [-0.39, 0.29) is 24.1 Å². The van der Waals surface area contributed by atoms with Crippen molar-refractivity contribution in [3.63, 3.8) is 0 Å². The lowest BCUT2D eigenvalue weighted by Crippen LogP contribution is -2.31. The number of pyridine rings is 2. The molecule has 144 valence electrons. The minimum atomic E-state index is -1.68. The van der Waals surface area contributed by atoms with Crippen LogP contribution in [0.1, 0.15) is 30.9 Å². The van der Waals surface area contributed by atoms with Gasteiger partial charge in [-0.15, -0.1) is 0 Å². The summed E-state index contributed by atoms with van der Waals surface area (Å²) in [5, 5.41) is 30.0. The molecule has 3 aromatic rings. The second-order valence-corrected chi connectivity index (χ2v) is 7.00. The highest BCUT2D eigenvalue weighted by molar-refractivity contribution is 5.85. The fourth-order valence-corrected chi connectivity index (χ4v) is 3.65. The fraction of sp³-hybridized carbons (Fsp3) is 0.250. The predicted molar refractivity (Wildman–Crippen MR) is 98.6 cm³/mol. The Hall–Kier alpha value is -3.26. The number of carboxylic acids is 1. The molecule has 0 amide bonds. The number of rotatable bonds is 4. The number of carbonyl (C=O) groups is 1. The van der Waals surface area contributed by atoms with E-state index in [4.69, 9.17) is 5.11 Å². The van der Waals surface area contributed by atoms with Gasteiger partial charge in [0.25, 0.3) is 5.56 Å². The number of hydrogen-bond donors (Lipinski definition) is 3. The van der Waals surface area contributed by atoms with Gasteiger partial charge in [-0.3, -0.25) is 9.59 Å². The summed E-state index contributed by atoms with van der Waals surface area (Å²) in [5.74, 6) is -2.46. The summed E-state index contributed by atoms with van der Waals surface area (Å²) in [6.45, 7) is 1.89. The maximum atomic E-state index is 13.7. The summed E-state index contributed by atoms with van der Waals surface area (Å²) in [5.41, 5.74) is 0.0669. The standard InChI is InChI=1S/C20H17FN2O5/c1-2-20(28,8-18(26)27)12-5-15-19-11(9-23(15)17(25)6-12)3-10-4-16(24)13(21)7-14(10)22-19/h3-7,24,28H,2,8-9H2,1H3,(H,26,27). The average Bonchev–Trinajstić information content (AvgIpc) is 2.98. The molecule has 0 spiro atoms. The van der Waals surface area contributed by atoms with Gasteiger partial charge in [-0.2, -0.15) is 0 Å². The Kier molecular flexibility index (Phi) is 3.97. The molecule has 28 heavy (non-hydrogen) atoms. The number of fused-ring (bicyclic) bond motifs is 4. The topological polar surface area (TPSA) is 113 Å². The van der Waals surface area contributed by atoms with Gasteiger partial charge in [0.15, 0.2) is 11.6 Å². The molecule has 0 saturated heterocycles. The number of phenolic OH excluding ortho intramolecular Hbond substituents is 1. The lowest BCUT2D eigenvalue weighted by atomic mass is 9.88. The van der Waals surface area contributed by atoms with E-state index in [1.165, 1.54) is 16.7 Å². The van der Waals surface area contributed by atoms with E-state index in [1.807, 2.05) is 0 Å². The summed E-state index contributed by atoms with van der Waals surface area (Å²) >= 11 is 0. The SMILES string of the molecule is CCC(O)(CC(=O)O)c1cc2n(c(=O)c1)Cc1cc3cc(O)c(F)cc3nc1-2. The van der Waals surface area contributed by atoms with Crippen LogP contribution in [0.2, 0.25) is 0 Å². The molecule has 8 heteroatoms. The second kappa shape index (κ2) is 6.13. The highest BCUT2D eigenvalue weighted by atomic mass is 19.1. The molecule has 0 radical (unpaired) electrons. The molecule has 1 aliphatic heterocycles. The Balaban J connectivity index is 1.92. The molecule has 1 aromatic carbocycles. The van der Waals surface area contributed by atoms with Crippen molar-refractivity contribution in [1.29, 1.82) is 0 Å². The van der Waals surface area contributed by atoms with E-state index in [9.17, 15) is 24.2 Å². The summed E-state index contributed by atoms with van der Waals surface area (Å²) in [7, 11) is 0. The summed E-state index contributed by atoms with van der Waals surface area (Å²) in [6.07, 6.45) is -0.417. The number of hydrogen-bond acceptors (Lipinski definition) is 5. The maximum Gasteiger partial charge on any atom is 0.306 e. The molecular formula is C20H17FN2O5. The Morgan fingerprint density at radius 1 is 1.29 bits per heavy atom. The predicted octanol–water partition coefficient (Wildman–Crippen LogP) is 2.34. The van der Waals surface area contributed by atoms with E-state index >= 15 is 0 Å². The first kappa shape index (κ1) is 18.1. The molecular weight excluding hydrogens is 367 g/mol. The fourth-order valence-electron chi connectivity index (χ4n) is 3.65. The normalized spacial score (nSPS) is 14.5. The number of nitrogens with zero attached hydrogens (tertiary/aromatic N) is 2. The van der Waals surface area contributed by atoms with Crippen LogP contribution in [0.3, 0.4) is 0 Å². The van der Waals surface area contributed by atoms with E-state index in [2.05, 4.69) is 4.98 Å². The van der Waals surface area contributed by atoms with Crippen LogP contribution in [0.15, 0.2) is 35.1 Å². The molecule has 7 nitrogen and oxygen atoms in total. The third-order valence-electron chi connectivity index (χ3n) is 5.23. The Bertz CT molecular complexity index is 1200. The third-order valence-corrected chi connectivity index (χ3v) is 5.23. The van der Waals surface area contributed by atoms with Crippen molar-refractivity contribution < 1.29 is 24.5 Å². The summed E-state index contributed by atoms with van der Waals surface area (Å²) in [6, 6.07) is 6.93. The number of aliphatic hydroxyl groups is 1. The minimum absolute atomic E-state index is 0.116. The van der Waals surface area contributed by atoms with Crippen molar-refractivity contribution in [3.8, 4) is 17.1 Å². The molecule has 1 atom stereocenters. The highest BCUT2D eigenvalue weighted by Crippen LogP contribution is 2.36. The van der Waals surface area contributed by atoms with Gasteiger partial charge in [0, 0.05) is 23.1 Å². The number of aromatic hydroxyl groups is 1. The molecule has 2 aromatic heterocycles. The molecule has 0 saturated carbocycles. The highest BCUT2D eigenvalue weighted by Gasteiger charge is 2.33. The van der Waals surface area contributed by atoms with Crippen molar-refractivity contribution in [2.45, 2.75) is 31.9 Å². The quantitative estimate of drug-likeness (QED) is 0.498. The number of phenols is 1. The van der Waals surface area contributed by atoms with Crippen molar-refractivity contribution in [3.05, 3.63) is 57.6 Å². The Morgan fingerprint density at radius 2 is 2.04 bits per heavy atom. The molecule has 1 aliphatic rings. The Morgan fingerprint density at radius 3 is 2.71 bits per heavy atom. The monoisotopic (exact) mass is 384 g/mol. The smallest absolute Gasteiger partial charge is 0.306 e. The maximum absolute atomic E-state index is 13.7. The lowest BCUT2D eigenvalue weighted by Gasteiger charge is -2.26. The van der Waals surface area contributed by atoms with Gasteiger partial charge in [-0.1, -0.05) is 6.92 Å². The van der Waals surface area contributed by atoms with Gasteiger partial charge in [0.2, 0.25) is 0 Å². The van der Waals surface area contributed by atoms with Crippen LogP contribution in [0.5, 0.6) is 5.75 Å². The number of carboxylic acid groups (broad SMARTS) is 1. The van der Waals surface area contributed by atoms with Crippen LogP contribution in [0.4, 0.5) is 4.39 Å². The average molecular weight is 384 g/mol. The molecule has 0 aliphatic carbocycles. The van der Waals surface area contributed by atoms with Crippen molar-refractivity contribution >= 4 is 16.9 Å². The molecule has 3 N–H and O–H groups in total. The van der Waals surface area contributed by atoms with Gasteiger partial charge < -0.3 is 19.9 Å². The largest absolute Gasteiger partial charge is 0.505 e. The summed E-state index contributed by atoms with van der Waals surface area (Å²) < 4.78 is 15.2. The van der Waals surface area contributed by atoms with Crippen molar-refractivity contribution in [2.75, 3.05) is 0 Å². The zero-order chi connectivity index (χ0) is 20.2. The zero-order valence-corrected chi connectivity index (χ0v) is 14.9. The van der Waals surface area contributed by atoms with Crippen LogP contribution in [-0.2, 0) is 16.9 Å². The number of halogens is 1.